The molecular weight excluding hydrogens is 186 g/mol. The van der Waals surface area contributed by atoms with Gasteiger partial charge in [0, 0.05) is 6.20 Å². The number of ketones is 1. The van der Waals surface area contributed by atoms with Gasteiger partial charge in [-0.05, 0) is 12.1 Å². The third kappa shape index (κ3) is 2.29. The van der Waals surface area contributed by atoms with E-state index >= 15 is 0 Å². The number of methoxy groups -OCH3 is 1. The first kappa shape index (κ1) is 10.2. The molecule has 0 spiro atoms. The molecule has 5 nitrogen and oxygen atoms in total. The van der Waals surface area contributed by atoms with Crippen LogP contribution in [-0.4, -0.2) is 29.0 Å². The monoisotopic (exact) mass is 195 g/mol. The normalized spacial score (nSPS) is 9.50. The number of aromatic nitrogens is 1. The molecule has 0 atom stereocenters. The van der Waals surface area contributed by atoms with Gasteiger partial charge < -0.3 is 9.84 Å². The second-order valence-electron chi connectivity index (χ2n) is 2.55. The maximum absolute atomic E-state index is 11.3. The zero-order valence-electron chi connectivity index (χ0n) is 7.56. The highest BCUT2D eigenvalue weighted by Gasteiger charge is 2.15. The van der Waals surface area contributed by atoms with Crippen LogP contribution in [0.5, 0.6) is 5.88 Å². The van der Waals surface area contributed by atoms with E-state index in [4.69, 9.17) is 9.84 Å². The second kappa shape index (κ2) is 4.36. The van der Waals surface area contributed by atoms with Crippen LogP contribution in [-0.2, 0) is 4.79 Å². The summed E-state index contributed by atoms with van der Waals surface area (Å²) in [7, 11) is 1.37. The lowest BCUT2D eigenvalue weighted by molar-refractivity contribution is -0.135. The fraction of sp³-hybridized carbons (Fsp3) is 0.222. The number of pyridine rings is 1. The van der Waals surface area contributed by atoms with Gasteiger partial charge in [0.1, 0.15) is 6.42 Å². The topological polar surface area (TPSA) is 76.5 Å². The number of ether oxygens (including phenoxy) is 1. The van der Waals surface area contributed by atoms with Crippen LogP contribution >= 0.6 is 0 Å². The summed E-state index contributed by atoms with van der Waals surface area (Å²) >= 11 is 0. The van der Waals surface area contributed by atoms with Crippen molar-refractivity contribution in [1.29, 1.82) is 0 Å². The number of carboxylic acids is 1. The first-order valence-electron chi connectivity index (χ1n) is 3.89. The molecule has 0 unspecified atom stereocenters. The molecule has 0 amide bonds. The van der Waals surface area contributed by atoms with Gasteiger partial charge in [-0.15, -0.1) is 0 Å². The number of carboxylic acid groups (broad SMARTS) is 1. The summed E-state index contributed by atoms with van der Waals surface area (Å²) in [5, 5.41) is 8.43. The van der Waals surface area contributed by atoms with Crippen molar-refractivity contribution < 1.29 is 19.4 Å². The number of Topliss-reactive ketones (excluding diaryl/α,β-unsaturated/α-hetero) is 1. The zero-order valence-corrected chi connectivity index (χ0v) is 7.56. The summed E-state index contributed by atoms with van der Waals surface area (Å²) in [5.41, 5.74) is 0.192. The van der Waals surface area contributed by atoms with Crippen molar-refractivity contribution >= 4 is 11.8 Å². The van der Waals surface area contributed by atoms with E-state index in [1.165, 1.54) is 19.4 Å². The number of hydrogen-bond donors (Lipinski definition) is 1. The smallest absolute Gasteiger partial charge is 0.311 e. The number of nitrogens with zero attached hydrogens (tertiary/aromatic N) is 1. The Hall–Kier alpha value is -1.91. The second-order valence-corrected chi connectivity index (χ2v) is 2.55. The minimum Gasteiger partial charge on any atom is -0.481 e. The summed E-state index contributed by atoms with van der Waals surface area (Å²) in [6.45, 7) is 0. The SMILES string of the molecule is COc1ncccc1C(=O)CC(=O)O. The number of carbonyl (C=O) groups is 2. The lowest BCUT2D eigenvalue weighted by Crippen LogP contribution is -2.09. The first-order valence-corrected chi connectivity index (χ1v) is 3.89. The molecule has 1 aromatic rings. The summed E-state index contributed by atoms with van der Waals surface area (Å²) in [5.74, 6) is -1.53. The van der Waals surface area contributed by atoms with E-state index in [9.17, 15) is 9.59 Å². The van der Waals surface area contributed by atoms with E-state index in [1.54, 1.807) is 6.07 Å². The quantitative estimate of drug-likeness (QED) is 0.566. The lowest BCUT2D eigenvalue weighted by atomic mass is 10.1. The van der Waals surface area contributed by atoms with Crippen LogP contribution in [0, 0.1) is 0 Å². The molecule has 0 aliphatic carbocycles. The Morgan fingerprint density at radius 3 is 2.86 bits per heavy atom. The van der Waals surface area contributed by atoms with Gasteiger partial charge in [-0.2, -0.15) is 0 Å². The molecule has 14 heavy (non-hydrogen) atoms. The molecule has 0 radical (unpaired) electrons. The van der Waals surface area contributed by atoms with Crippen molar-refractivity contribution in [3.05, 3.63) is 23.9 Å². The van der Waals surface area contributed by atoms with Gasteiger partial charge in [0.2, 0.25) is 5.88 Å². The molecule has 0 bridgehead atoms. The van der Waals surface area contributed by atoms with E-state index in [0.717, 1.165) is 0 Å². The van der Waals surface area contributed by atoms with E-state index in [2.05, 4.69) is 4.98 Å². The van der Waals surface area contributed by atoms with Gasteiger partial charge in [0.15, 0.2) is 5.78 Å². The van der Waals surface area contributed by atoms with Crippen molar-refractivity contribution in [2.24, 2.45) is 0 Å². The third-order valence-electron chi connectivity index (χ3n) is 1.58. The molecule has 1 heterocycles. The average molecular weight is 195 g/mol. The average Bonchev–Trinajstić information content (AvgIpc) is 2.16. The van der Waals surface area contributed by atoms with Gasteiger partial charge in [0.25, 0.3) is 0 Å². The van der Waals surface area contributed by atoms with Crippen molar-refractivity contribution in [2.45, 2.75) is 6.42 Å². The Kier molecular flexibility index (Phi) is 3.17. The Bertz CT molecular complexity index is 362. The van der Waals surface area contributed by atoms with E-state index in [1.807, 2.05) is 0 Å². The van der Waals surface area contributed by atoms with Crippen LogP contribution < -0.4 is 4.74 Å². The van der Waals surface area contributed by atoms with E-state index in [-0.39, 0.29) is 11.4 Å². The molecule has 0 aliphatic rings. The van der Waals surface area contributed by atoms with Crippen LogP contribution in [0.1, 0.15) is 16.8 Å². The summed E-state index contributed by atoms with van der Waals surface area (Å²) in [4.78, 5) is 25.4. The van der Waals surface area contributed by atoms with Crippen LogP contribution in [0.15, 0.2) is 18.3 Å². The number of carbonyl (C=O) groups excluding carboxylic acids is 1. The molecule has 0 fully saturated rings. The molecule has 5 heteroatoms. The maximum atomic E-state index is 11.3. The molecule has 1 aromatic heterocycles. The van der Waals surface area contributed by atoms with Gasteiger partial charge in [-0.3, -0.25) is 9.59 Å². The molecular formula is C9H9NO4. The molecule has 0 aliphatic heterocycles. The highest BCUT2D eigenvalue weighted by atomic mass is 16.5. The minimum absolute atomic E-state index is 0.152. The Balaban J connectivity index is 2.94. The molecule has 0 aromatic carbocycles. The van der Waals surface area contributed by atoms with Crippen molar-refractivity contribution in [3.63, 3.8) is 0 Å². The number of hydrogen-bond acceptors (Lipinski definition) is 4. The number of aliphatic carboxylic acids is 1. The fourth-order valence-corrected chi connectivity index (χ4v) is 0.998. The fourth-order valence-electron chi connectivity index (χ4n) is 0.998. The molecule has 74 valence electrons. The maximum Gasteiger partial charge on any atom is 0.311 e. The molecule has 1 N–H and O–H groups in total. The summed E-state index contributed by atoms with van der Waals surface area (Å²) in [6, 6.07) is 3.04. The number of rotatable bonds is 4. The highest BCUT2D eigenvalue weighted by Crippen LogP contribution is 2.15. The van der Waals surface area contributed by atoms with Crippen molar-refractivity contribution in [1.82, 2.24) is 4.98 Å². The van der Waals surface area contributed by atoms with Gasteiger partial charge in [-0.25, -0.2) is 4.98 Å². The largest absolute Gasteiger partial charge is 0.481 e. The summed E-state index contributed by atoms with van der Waals surface area (Å²) < 4.78 is 4.82. The first-order chi connectivity index (χ1) is 6.65. The standard InChI is InChI=1S/C9H9NO4/c1-14-9-6(3-2-4-10-9)7(11)5-8(12)13/h2-4H,5H2,1H3,(H,12,13). The van der Waals surface area contributed by atoms with Crippen LogP contribution in [0.3, 0.4) is 0 Å². The van der Waals surface area contributed by atoms with Gasteiger partial charge in [0.05, 0.1) is 12.7 Å². The van der Waals surface area contributed by atoms with Crippen molar-refractivity contribution in [2.75, 3.05) is 7.11 Å². The third-order valence-corrected chi connectivity index (χ3v) is 1.58. The Morgan fingerprint density at radius 1 is 1.57 bits per heavy atom. The van der Waals surface area contributed by atoms with E-state index in [0.29, 0.717) is 0 Å². The van der Waals surface area contributed by atoms with Gasteiger partial charge >= 0.3 is 5.97 Å². The minimum atomic E-state index is -1.17. The molecule has 0 saturated carbocycles. The van der Waals surface area contributed by atoms with Crippen LogP contribution in [0.2, 0.25) is 0 Å². The predicted octanol–water partition coefficient (Wildman–Crippen LogP) is 0.748. The Morgan fingerprint density at radius 2 is 2.29 bits per heavy atom. The van der Waals surface area contributed by atoms with E-state index < -0.39 is 18.2 Å². The van der Waals surface area contributed by atoms with Crippen LogP contribution in [0.4, 0.5) is 0 Å². The lowest BCUT2D eigenvalue weighted by Gasteiger charge is -2.03. The highest BCUT2D eigenvalue weighted by molar-refractivity contribution is 6.06. The van der Waals surface area contributed by atoms with Gasteiger partial charge in [-0.1, -0.05) is 0 Å². The molecule has 1 rings (SSSR count). The predicted molar refractivity (Wildman–Crippen MR) is 47.4 cm³/mol. The van der Waals surface area contributed by atoms with Crippen molar-refractivity contribution in [3.8, 4) is 5.88 Å². The Labute approximate surface area is 80.3 Å². The summed E-state index contributed by atoms with van der Waals surface area (Å²) in [6.07, 6.45) is 0.915. The van der Waals surface area contributed by atoms with Crippen LogP contribution in [0.25, 0.3) is 0 Å². The zero-order chi connectivity index (χ0) is 10.6. The molecule has 0 saturated heterocycles.